The van der Waals surface area contributed by atoms with Gasteiger partial charge in [-0.3, -0.25) is 9.59 Å². The number of hydrogen-bond acceptors (Lipinski definition) is 3. The van der Waals surface area contributed by atoms with Crippen LogP contribution in [0.3, 0.4) is 0 Å². The Hall–Kier alpha value is -2.18. The highest BCUT2D eigenvalue weighted by Gasteiger charge is 2.15. The number of alkyl halides is 2. The molecule has 0 aliphatic rings. The summed E-state index contributed by atoms with van der Waals surface area (Å²) < 4.78 is 28.0. The highest BCUT2D eigenvalue weighted by molar-refractivity contribution is 5.68. The van der Waals surface area contributed by atoms with Crippen LogP contribution in [0.2, 0.25) is 0 Å². The molecule has 0 aliphatic carbocycles. The molecule has 1 amide bonds. The second kappa shape index (κ2) is 6.53. The topological polar surface area (TPSA) is 75.6 Å². The molecule has 1 rings (SSSR count). The molecule has 1 atom stereocenters. The Morgan fingerprint density at radius 2 is 2.00 bits per heavy atom. The summed E-state index contributed by atoms with van der Waals surface area (Å²) in [6.45, 7) is -2.92. The van der Waals surface area contributed by atoms with Gasteiger partial charge in [0.2, 0.25) is 6.41 Å². The van der Waals surface area contributed by atoms with Crippen molar-refractivity contribution < 1.29 is 28.2 Å². The molecule has 18 heavy (non-hydrogen) atoms. The minimum Gasteiger partial charge on any atom is -0.481 e. The van der Waals surface area contributed by atoms with E-state index in [-0.39, 0.29) is 12.2 Å². The summed E-state index contributed by atoms with van der Waals surface area (Å²) in [5, 5.41) is 11.0. The lowest BCUT2D eigenvalue weighted by Crippen LogP contribution is -2.22. The predicted octanol–water partition coefficient (Wildman–Crippen LogP) is 1.55. The van der Waals surface area contributed by atoms with E-state index < -0.39 is 18.6 Å². The van der Waals surface area contributed by atoms with Gasteiger partial charge in [0.1, 0.15) is 5.75 Å². The normalized spacial score (nSPS) is 11.9. The first-order valence-electron chi connectivity index (χ1n) is 4.99. The van der Waals surface area contributed by atoms with Gasteiger partial charge >= 0.3 is 12.6 Å². The molecule has 0 spiro atoms. The highest BCUT2D eigenvalue weighted by Crippen LogP contribution is 2.21. The number of amides is 1. The first-order valence-corrected chi connectivity index (χ1v) is 4.99. The van der Waals surface area contributed by atoms with Crippen LogP contribution in [0.25, 0.3) is 0 Å². The van der Waals surface area contributed by atoms with Gasteiger partial charge in [-0.15, -0.1) is 0 Å². The summed E-state index contributed by atoms with van der Waals surface area (Å²) in [5.41, 5.74) is 0.492. The van der Waals surface area contributed by atoms with E-state index in [0.29, 0.717) is 12.0 Å². The van der Waals surface area contributed by atoms with Crippen molar-refractivity contribution in [3.63, 3.8) is 0 Å². The lowest BCUT2D eigenvalue weighted by molar-refractivity contribution is -0.137. The van der Waals surface area contributed by atoms with Gasteiger partial charge in [-0.2, -0.15) is 8.78 Å². The number of ether oxygens (including phenoxy) is 1. The van der Waals surface area contributed by atoms with Crippen LogP contribution >= 0.6 is 0 Å². The molecule has 98 valence electrons. The molecule has 1 aromatic carbocycles. The zero-order valence-corrected chi connectivity index (χ0v) is 9.18. The fourth-order valence-corrected chi connectivity index (χ4v) is 1.41. The Balaban J connectivity index is 2.79. The maximum atomic E-state index is 11.9. The molecule has 0 saturated heterocycles. The van der Waals surface area contributed by atoms with Crippen molar-refractivity contribution >= 4 is 12.4 Å². The van der Waals surface area contributed by atoms with E-state index in [2.05, 4.69) is 10.1 Å². The van der Waals surface area contributed by atoms with Gasteiger partial charge < -0.3 is 15.2 Å². The Labute approximate surface area is 101 Å². The van der Waals surface area contributed by atoms with Crippen molar-refractivity contribution in [2.24, 2.45) is 0 Å². The molecule has 1 aromatic rings. The maximum absolute atomic E-state index is 11.9. The van der Waals surface area contributed by atoms with Crippen LogP contribution in [-0.2, 0) is 9.59 Å². The molecule has 0 aliphatic heterocycles. The number of carbonyl (C=O) groups excluding carboxylic acids is 1. The molecule has 0 bridgehead atoms. The summed E-state index contributed by atoms with van der Waals surface area (Å²) in [5.74, 6) is -1.11. The lowest BCUT2D eigenvalue weighted by Gasteiger charge is -2.14. The van der Waals surface area contributed by atoms with Crippen molar-refractivity contribution in [3.8, 4) is 5.75 Å². The van der Waals surface area contributed by atoms with Crippen molar-refractivity contribution in [2.75, 3.05) is 0 Å². The Kier molecular flexibility index (Phi) is 5.04. The largest absolute Gasteiger partial charge is 0.481 e. The SMILES string of the molecule is O=CNC(CC(=O)O)c1ccc(OC(F)F)cc1. The van der Waals surface area contributed by atoms with Gasteiger partial charge in [-0.25, -0.2) is 0 Å². The third-order valence-electron chi connectivity index (χ3n) is 2.16. The van der Waals surface area contributed by atoms with E-state index in [1.165, 1.54) is 24.3 Å². The fourth-order valence-electron chi connectivity index (χ4n) is 1.41. The molecular weight excluding hydrogens is 248 g/mol. The molecule has 0 heterocycles. The average molecular weight is 259 g/mol. The second-order valence-corrected chi connectivity index (χ2v) is 3.38. The average Bonchev–Trinajstić information content (AvgIpc) is 2.28. The van der Waals surface area contributed by atoms with Crippen LogP contribution in [0.4, 0.5) is 8.78 Å². The monoisotopic (exact) mass is 259 g/mol. The number of hydrogen-bond donors (Lipinski definition) is 2. The Morgan fingerprint density at radius 3 is 2.44 bits per heavy atom. The standard InChI is InChI=1S/C11H11F2NO4/c12-11(13)18-8-3-1-7(2-4-8)9(14-6-15)5-10(16)17/h1-4,6,9,11H,5H2,(H,14,15)(H,16,17). The van der Waals surface area contributed by atoms with Gasteiger partial charge in [0, 0.05) is 0 Å². The molecule has 0 fully saturated rings. The molecule has 0 radical (unpaired) electrons. The quantitative estimate of drug-likeness (QED) is 0.728. The molecule has 0 aromatic heterocycles. The zero-order valence-electron chi connectivity index (χ0n) is 9.18. The van der Waals surface area contributed by atoms with Gasteiger partial charge in [0.05, 0.1) is 12.5 Å². The van der Waals surface area contributed by atoms with Gasteiger partial charge in [0.25, 0.3) is 0 Å². The summed E-state index contributed by atoms with van der Waals surface area (Å²) in [6, 6.07) is 4.69. The van der Waals surface area contributed by atoms with Crippen molar-refractivity contribution in [3.05, 3.63) is 29.8 Å². The summed E-state index contributed by atoms with van der Waals surface area (Å²) >= 11 is 0. The Bertz CT molecular complexity index is 408. The first-order chi connectivity index (χ1) is 8.52. The summed E-state index contributed by atoms with van der Waals surface area (Å²) in [7, 11) is 0. The highest BCUT2D eigenvalue weighted by atomic mass is 19.3. The summed E-state index contributed by atoms with van der Waals surface area (Å²) in [6.07, 6.45) is 0.0883. The van der Waals surface area contributed by atoms with Crippen LogP contribution in [0.1, 0.15) is 18.0 Å². The van der Waals surface area contributed by atoms with Crippen LogP contribution < -0.4 is 10.1 Å². The molecule has 7 heteroatoms. The molecule has 0 saturated carbocycles. The third kappa shape index (κ3) is 4.36. The van der Waals surface area contributed by atoms with E-state index >= 15 is 0 Å². The smallest absolute Gasteiger partial charge is 0.387 e. The van der Waals surface area contributed by atoms with E-state index in [1.807, 2.05) is 0 Å². The zero-order chi connectivity index (χ0) is 13.5. The lowest BCUT2D eigenvalue weighted by atomic mass is 10.0. The van der Waals surface area contributed by atoms with Gasteiger partial charge in [0.15, 0.2) is 0 Å². The second-order valence-electron chi connectivity index (χ2n) is 3.38. The number of carboxylic acid groups (broad SMARTS) is 1. The number of carboxylic acids is 1. The van der Waals surface area contributed by atoms with Gasteiger partial charge in [-0.1, -0.05) is 12.1 Å². The fraction of sp³-hybridized carbons (Fsp3) is 0.273. The third-order valence-corrected chi connectivity index (χ3v) is 2.16. The van der Waals surface area contributed by atoms with Crippen LogP contribution in [0.15, 0.2) is 24.3 Å². The van der Waals surface area contributed by atoms with Crippen LogP contribution in [-0.4, -0.2) is 24.1 Å². The number of carbonyl (C=O) groups is 2. The molecule has 2 N–H and O–H groups in total. The predicted molar refractivity (Wildman–Crippen MR) is 57.3 cm³/mol. The molecule has 1 unspecified atom stereocenters. The van der Waals surface area contributed by atoms with E-state index in [4.69, 9.17) is 5.11 Å². The van der Waals surface area contributed by atoms with Crippen molar-refractivity contribution in [1.29, 1.82) is 0 Å². The van der Waals surface area contributed by atoms with Gasteiger partial charge in [-0.05, 0) is 17.7 Å². The van der Waals surface area contributed by atoms with E-state index in [9.17, 15) is 18.4 Å². The minimum absolute atomic E-state index is 0.0334. The van der Waals surface area contributed by atoms with Crippen LogP contribution in [0.5, 0.6) is 5.75 Å². The minimum atomic E-state index is -2.92. The van der Waals surface area contributed by atoms with Crippen molar-refractivity contribution in [2.45, 2.75) is 19.1 Å². The number of benzene rings is 1. The van der Waals surface area contributed by atoms with Crippen LogP contribution in [0, 0.1) is 0 Å². The Morgan fingerprint density at radius 1 is 1.39 bits per heavy atom. The van der Waals surface area contributed by atoms with E-state index in [0.717, 1.165) is 0 Å². The maximum Gasteiger partial charge on any atom is 0.387 e. The number of nitrogens with one attached hydrogen (secondary N) is 1. The van der Waals surface area contributed by atoms with Crippen molar-refractivity contribution in [1.82, 2.24) is 5.32 Å². The number of rotatable bonds is 7. The number of halogens is 2. The number of aliphatic carboxylic acids is 1. The van der Waals surface area contributed by atoms with E-state index in [1.54, 1.807) is 0 Å². The molecular formula is C11H11F2NO4. The first kappa shape index (κ1) is 13.9. The summed E-state index contributed by atoms with van der Waals surface area (Å²) in [4.78, 5) is 20.9. The molecule has 5 nitrogen and oxygen atoms in total.